The lowest BCUT2D eigenvalue weighted by Gasteiger charge is -2.18. The van der Waals surface area contributed by atoms with Crippen molar-refractivity contribution in [3.63, 3.8) is 0 Å². The van der Waals surface area contributed by atoms with Gasteiger partial charge in [0.25, 0.3) is 0 Å². The molecule has 8 nitrogen and oxygen atoms in total. The number of halogens is 1. The van der Waals surface area contributed by atoms with E-state index in [0.717, 1.165) is 11.1 Å². The van der Waals surface area contributed by atoms with E-state index in [1.165, 1.54) is 11.1 Å². The van der Waals surface area contributed by atoms with Gasteiger partial charge in [0.15, 0.2) is 0 Å². The summed E-state index contributed by atoms with van der Waals surface area (Å²) in [6.45, 7) is 5.67. The minimum atomic E-state index is -0.618. The van der Waals surface area contributed by atoms with E-state index < -0.39 is 12.1 Å². The molecule has 0 spiro atoms. The number of amides is 1. The monoisotopic (exact) mass is 437 g/mol. The molecule has 31 heavy (non-hydrogen) atoms. The van der Waals surface area contributed by atoms with Crippen molar-refractivity contribution in [3.8, 4) is 11.9 Å². The van der Waals surface area contributed by atoms with Gasteiger partial charge in [0.2, 0.25) is 6.19 Å². The molecule has 2 aromatic rings. The molecule has 1 unspecified atom stereocenters. The maximum absolute atomic E-state index is 12.2. The molecule has 1 amide bonds. The first-order valence-corrected chi connectivity index (χ1v) is 9.76. The van der Waals surface area contributed by atoms with Crippen LogP contribution in [-0.2, 0) is 4.74 Å². The number of nitriles is 1. The van der Waals surface area contributed by atoms with Gasteiger partial charge in [0.1, 0.15) is 12.4 Å². The van der Waals surface area contributed by atoms with Crippen LogP contribution < -0.4 is 10.1 Å². The van der Waals surface area contributed by atoms with E-state index >= 15 is 0 Å². The minimum absolute atomic E-state index is 0.0133. The summed E-state index contributed by atoms with van der Waals surface area (Å²) in [5.74, 6) is 0.498. The van der Waals surface area contributed by atoms with E-state index in [1.54, 1.807) is 42.6 Å². The largest absolute Gasteiger partial charge is 0.445 e. The van der Waals surface area contributed by atoms with Crippen molar-refractivity contribution in [1.82, 2.24) is 10.3 Å². The zero-order valence-corrected chi connectivity index (χ0v) is 17.5. The summed E-state index contributed by atoms with van der Waals surface area (Å²) in [6, 6.07) is 13.8. The summed E-state index contributed by atoms with van der Waals surface area (Å²) in [5, 5.41) is 18.5. The van der Waals surface area contributed by atoms with Gasteiger partial charge in [-0.1, -0.05) is 48.5 Å². The molecule has 0 bridgehead atoms. The Hall–Kier alpha value is -3.83. The average Bonchev–Trinajstić information content (AvgIpc) is 3.18. The highest BCUT2D eigenvalue weighted by Crippen LogP contribution is 2.22. The molecule has 2 aromatic carbocycles. The third-order valence-corrected chi connectivity index (χ3v) is 4.73. The number of hydrazone groups is 1. The number of alkyl carbamates (subject to hydrolysis) is 1. The second kappa shape index (κ2) is 10.3. The molecule has 0 aliphatic carbocycles. The summed E-state index contributed by atoms with van der Waals surface area (Å²) < 4.78 is 10.8. The van der Waals surface area contributed by atoms with Crippen molar-refractivity contribution in [1.29, 1.82) is 5.26 Å². The molecule has 1 N–H and O–H groups in total. The number of para-hydroxylation sites is 1. The molecule has 1 atom stereocenters. The van der Waals surface area contributed by atoms with E-state index in [1.807, 2.05) is 19.1 Å². The predicted octanol–water partition coefficient (Wildman–Crippen LogP) is 3.87. The van der Waals surface area contributed by atoms with E-state index in [0.29, 0.717) is 16.5 Å². The third-order valence-electron chi connectivity index (χ3n) is 4.31. The van der Waals surface area contributed by atoms with Crippen molar-refractivity contribution >= 4 is 29.4 Å². The molecular weight excluding hydrogens is 418 g/mol. The fourth-order valence-corrected chi connectivity index (χ4v) is 3.00. The standard InChI is InChI=1S/C22H20ClN5O3/c1-3-11-30-22(29)26-19-13-28(21(25-14-24)31-17-7-5-4-6-8-17)27-20(19)16-9-10-18(23)15(2)12-16/h3-10,12,19H,1,11,13H2,2H3,(H,26,29)/b25-21+. The molecule has 1 heterocycles. The van der Waals surface area contributed by atoms with Gasteiger partial charge in [-0.2, -0.15) is 10.4 Å². The van der Waals surface area contributed by atoms with Crippen molar-refractivity contribution in [3.05, 3.63) is 77.3 Å². The van der Waals surface area contributed by atoms with E-state index in [4.69, 9.17) is 26.3 Å². The van der Waals surface area contributed by atoms with Gasteiger partial charge in [0.05, 0.1) is 18.3 Å². The number of nitrogens with one attached hydrogen (secondary N) is 1. The van der Waals surface area contributed by atoms with Gasteiger partial charge < -0.3 is 14.8 Å². The Morgan fingerprint density at radius 3 is 2.87 bits per heavy atom. The zero-order valence-electron chi connectivity index (χ0n) is 16.8. The molecule has 0 aromatic heterocycles. The van der Waals surface area contributed by atoms with Crippen LogP contribution in [0.5, 0.6) is 5.75 Å². The second-order valence-corrected chi connectivity index (χ2v) is 6.93. The van der Waals surface area contributed by atoms with Gasteiger partial charge in [-0.25, -0.2) is 9.80 Å². The maximum Gasteiger partial charge on any atom is 0.408 e. The zero-order chi connectivity index (χ0) is 22.2. The van der Waals surface area contributed by atoms with Gasteiger partial charge in [0, 0.05) is 10.6 Å². The number of nitrogens with zero attached hydrogens (tertiary/aromatic N) is 4. The summed E-state index contributed by atoms with van der Waals surface area (Å²) in [5.41, 5.74) is 2.17. The minimum Gasteiger partial charge on any atom is -0.445 e. The van der Waals surface area contributed by atoms with Gasteiger partial charge >= 0.3 is 12.1 Å². The lowest BCUT2D eigenvalue weighted by molar-refractivity contribution is 0.156. The quantitative estimate of drug-likeness (QED) is 0.331. The average molecular weight is 438 g/mol. The highest BCUT2D eigenvalue weighted by Gasteiger charge is 2.33. The number of aliphatic imine (C=N–C) groups is 1. The van der Waals surface area contributed by atoms with Crippen LogP contribution in [0.25, 0.3) is 0 Å². The Morgan fingerprint density at radius 1 is 1.42 bits per heavy atom. The molecule has 0 saturated carbocycles. The number of ether oxygens (including phenoxy) is 2. The Labute approximate surface area is 185 Å². The van der Waals surface area contributed by atoms with Crippen LogP contribution in [0.3, 0.4) is 0 Å². The number of rotatable bonds is 5. The van der Waals surface area contributed by atoms with Crippen LogP contribution in [0.2, 0.25) is 5.02 Å². The molecule has 1 aliphatic rings. The molecule has 1 aliphatic heterocycles. The number of aryl methyl sites for hydroxylation is 1. The highest BCUT2D eigenvalue weighted by molar-refractivity contribution is 6.31. The molecule has 9 heteroatoms. The van der Waals surface area contributed by atoms with Crippen molar-refractivity contribution in [2.45, 2.75) is 13.0 Å². The predicted molar refractivity (Wildman–Crippen MR) is 118 cm³/mol. The van der Waals surface area contributed by atoms with Gasteiger partial charge in [-0.15, -0.1) is 4.99 Å². The van der Waals surface area contributed by atoms with Crippen LogP contribution in [0.15, 0.2) is 71.3 Å². The van der Waals surface area contributed by atoms with Crippen LogP contribution in [0.1, 0.15) is 11.1 Å². The van der Waals surface area contributed by atoms with Crippen molar-refractivity contribution in [2.75, 3.05) is 13.2 Å². The number of carbonyl (C=O) groups excluding carboxylic acids is 1. The Balaban J connectivity index is 1.91. The maximum atomic E-state index is 12.2. The fraction of sp³-hybridized carbons (Fsp3) is 0.182. The van der Waals surface area contributed by atoms with Crippen LogP contribution in [-0.4, -0.2) is 42.0 Å². The highest BCUT2D eigenvalue weighted by atomic mass is 35.5. The second-order valence-electron chi connectivity index (χ2n) is 6.52. The molecule has 0 saturated heterocycles. The number of carbonyl (C=O) groups is 1. The fourth-order valence-electron chi connectivity index (χ4n) is 2.89. The lowest BCUT2D eigenvalue weighted by atomic mass is 10.0. The van der Waals surface area contributed by atoms with E-state index in [-0.39, 0.29) is 19.2 Å². The summed E-state index contributed by atoms with van der Waals surface area (Å²) in [7, 11) is 0. The number of amidine groups is 1. The molecule has 0 radical (unpaired) electrons. The Kier molecular flexibility index (Phi) is 7.25. The number of hydrogen-bond acceptors (Lipinski definition) is 6. The molecular formula is C22H20ClN5O3. The molecule has 0 fully saturated rings. The Bertz CT molecular complexity index is 1060. The molecule has 158 valence electrons. The van der Waals surface area contributed by atoms with E-state index in [9.17, 15) is 4.79 Å². The number of benzene rings is 2. The molecule has 3 rings (SSSR count). The lowest BCUT2D eigenvalue weighted by Crippen LogP contribution is -2.44. The van der Waals surface area contributed by atoms with Gasteiger partial charge in [-0.3, -0.25) is 0 Å². The van der Waals surface area contributed by atoms with Crippen LogP contribution in [0, 0.1) is 18.4 Å². The summed E-state index contributed by atoms with van der Waals surface area (Å²) >= 11 is 6.15. The first-order chi connectivity index (χ1) is 15.0. The van der Waals surface area contributed by atoms with E-state index in [2.05, 4.69) is 22.0 Å². The van der Waals surface area contributed by atoms with Gasteiger partial charge in [-0.05, 0) is 36.8 Å². The van der Waals surface area contributed by atoms with Crippen LogP contribution >= 0.6 is 11.6 Å². The first-order valence-electron chi connectivity index (χ1n) is 9.38. The summed E-state index contributed by atoms with van der Waals surface area (Å²) in [6.07, 6.45) is 2.59. The van der Waals surface area contributed by atoms with Crippen LogP contribution in [0.4, 0.5) is 4.79 Å². The SMILES string of the molecule is C=CCOC(=O)NC1CN(/C(=N\C#N)Oc2ccccc2)N=C1c1ccc(Cl)c(C)c1. The summed E-state index contributed by atoms with van der Waals surface area (Å²) in [4.78, 5) is 15.9. The van der Waals surface area contributed by atoms with Crippen molar-refractivity contribution in [2.24, 2.45) is 10.1 Å². The first kappa shape index (κ1) is 21.9. The van der Waals surface area contributed by atoms with Crippen molar-refractivity contribution < 1.29 is 14.3 Å². The normalized spacial score (nSPS) is 15.6. The Morgan fingerprint density at radius 2 is 2.19 bits per heavy atom. The number of hydrogen-bond donors (Lipinski definition) is 1. The smallest absolute Gasteiger partial charge is 0.408 e. The topological polar surface area (TPSA) is 99.3 Å². The third kappa shape index (κ3) is 5.62.